The quantitative estimate of drug-likeness (QED) is 0.591. The minimum atomic E-state index is -0.570. The molecule has 2 unspecified atom stereocenters. The maximum absolute atomic E-state index is 13.5. The molecule has 1 aliphatic rings. The van der Waals surface area contributed by atoms with E-state index in [0.29, 0.717) is 13.0 Å². The van der Waals surface area contributed by atoms with Crippen LogP contribution in [0.3, 0.4) is 0 Å². The fourth-order valence-electron chi connectivity index (χ4n) is 3.48. The Kier molecular flexibility index (Phi) is 7.13. The van der Waals surface area contributed by atoms with Crippen molar-refractivity contribution in [3.8, 4) is 5.75 Å². The van der Waals surface area contributed by atoms with E-state index < -0.39 is 6.04 Å². The number of ether oxygens (including phenoxy) is 1. The molecular formula is C22H26IN3O3. The molecule has 6 nitrogen and oxygen atoms in total. The van der Waals surface area contributed by atoms with Crippen LogP contribution in [0.25, 0.3) is 0 Å². The van der Waals surface area contributed by atoms with Crippen LogP contribution in [0.5, 0.6) is 5.75 Å². The van der Waals surface area contributed by atoms with Crippen LogP contribution in [0.1, 0.15) is 24.5 Å². The maximum Gasteiger partial charge on any atom is 0.249 e. The first-order valence-electron chi connectivity index (χ1n) is 9.64. The van der Waals surface area contributed by atoms with Gasteiger partial charge in [0.1, 0.15) is 11.8 Å². The number of benzene rings is 2. The molecule has 3 rings (SSSR count). The molecule has 0 bridgehead atoms. The molecule has 2 aromatic carbocycles. The molecule has 2 N–H and O–H groups in total. The number of carbonyl (C=O) groups is 2. The highest BCUT2D eigenvalue weighted by Gasteiger charge is 2.32. The van der Waals surface area contributed by atoms with E-state index >= 15 is 0 Å². The predicted octanol–water partition coefficient (Wildman–Crippen LogP) is 2.87. The highest BCUT2D eigenvalue weighted by atomic mass is 127. The Morgan fingerprint density at radius 1 is 1.31 bits per heavy atom. The SMILES string of the molecule is CNC(C)C(=O)NC1CCc2ccccc2N(Cc2cc(I)ccc2OC)C1=O. The van der Waals surface area contributed by atoms with Crippen molar-refractivity contribution >= 4 is 40.1 Å². The maximum atomic E-state index is 13.5. The fraction of sp³-hybridized carbons (Fsp3) is 0.364. The van der Waals surface area contributed by atoms with E-state index in [1.807, 2.05) is 42.5 Å². The molecular weight excluding hydrogens is 481 g/mol. The van der Waals surface area contributed by atoms with Gasteiger partial charge in [0.2, 0.25) is 11.8 Å². The second-order valence-corrected chi connectivity index (χ2v) is 8.37. The van der Waals surface area contributed by atoms with Gasteiger partial charge in [0.25, 0.3) is 0 Å². The van der Waals surface area contributed by atoms with E-state index in [4.69, 9.17) is 4.74 Å². The highest BCUT2D eigenvalue weighted by molar-refractivity contribution is 14.1. The van der Waals surface area contributed by atoms with Crippen molar-refractivity contribution in [2.24, 2.45) is 0 Å². The number of hydrogen-bond acceptors (Lipinski definition) is 4. The van der Waals surface area contributed by atoms with Gasteiger partial charge in [0, 0.05) is 14.8 Å². The zero-order valence-corrected chi connectivity index (χ0v) is 19.0. The highest BCUT2D eigenvalue weighted by Crippen LogP contribution is 2.31. The topological polar surface area (TPSA) is 70.7 Å². The van der Waals surface area contributed by atoms with Crippen LogP contribution >= 0.6 is 22.6 Å². The lowest BCUT2D eigenvalue weighted by atomic mass is 10.1. The number of aryl methyl sites for hydroxylation is 1. The number of methoxy groups -OCH3 is 1. The Bertz CT molecular complexity index is 903. The molecule has 0 aromatic heterocycles. The normalized spacial score (nSPS) is 17.3. The average molecular weight is 507 g/mol. The van der Waals surface area contributed by atoms with E-state index in [1.165, 1.54) is 0 Å². The van der Waals surface area contributed by atoms with Gasteiger partial charge >= 0.3 is 0 Å². The molecule has 1 aliphatic heterocycles. The van der Waals surface area contributed by atoms with Gasteiger partial charge in [0.05, 0.1) is 19.7 Å². The Balaban J connectivity index is 1.96. The van der Waals surface area contributed by atoms with E-state index in [2.05, 4.69) is 33.2 Å². The second kappa shape index (κ2) is 9.58. The average Bonchev–Trinajstić information content (AvgIpc) is 2.85. The van der Waals surface area contributed by atoms with Crippen LogP contribution in [0.15, 0.2) is 42.5 Å². The molecule has 29 heavy (non-hydrogen) atoms. The second-order valence-electron chi connectivity index (χ2n) is 7.12. The van der Waals surface area contributed by atoms with Gasteiger partial charge in [-0.15, -0.1) is 0 Å². The number of fused-ring (bicyclic) bond motifs is 1. The third-order valence-electron chi connectivity index (χ3n) is 5.26. The molecule has 0 aliphatic carbocycles. The van der Waals surface area contributed by atoms with E-state index in [0.717, 1.165) is 32.6 Å². The monoisotopic (exact) mass is 507 g/mol. The number of nitrogens with zero attached hydrogens (tertiary/aromatic N) is 1. The van der Waals surface area contributed by atoms with Crippen LogP contribution in [-0.4, -0.2) is 38.1 Å². The van der Waals surface area contributed by atoms with Crippen LogP contribution < -0.4 is 20.3 Å². The summed E-state index contributed by atoms with van der Waals surface area (Å²) >= 11 is 2.25. The summed E-state index contributed by atoms with van der Waals surface area (Å²) in [6.07, 6.45) is 1.29. The molecule has 1 heterocycles. The Morgan fingerprint density at radius 3 is 2.79 bits per heavy atom. The smallest absolute Gasteiger partial charge is 0.249 e. The first-order chi connectivity index (χ1) is 13.9. The Hall–Kier alpha value is -2.13. The first-order valence-corrected chi connectivity index (χ1v) is 10.7. The minimum absolute atomic E-state index is 0.104. The summed E-state index contributed by atoms with van der Waals surface area (Å²) in [7, 11) is 3.36. The van der Waals surface area contributed by atoms with Crippen molar-refractivity contribution in [1.29, 1.82) is 0 Å². The molecule has 0 saturated carbocycles. The van der Waals surface area contributed by atoms with Gasteiger partial charge in [-0.3, -0.25) is 9.59 Å². The minimum Gasteiger partial charge on any atom is -0.496 e. The van der Waals surface area contributed by atoms with Crippen molar-refractivity contribution in [2.45, 2.75) is 38.4 Å². The molecule has 0 spiro atoms. The first kappa shape index (κ1) is 21.6. The lowest BCUT2D eigenvalue weighted by Gasteiger charge is -2.27. The number of hydrogen-bond donors (Lipinski definition) is 2. The Labute approximate surface area is 185 Å². The number of halogens is 1. The number of anilines is 1. The van der Waals surface area contributed by atoms with Gasteiger partial charge in [-0.2, -0.15) is 0 Å². The zero-order chi connectivity index (χ0) is 21.0. The number of amides is 2. The van der Waals surface area contributed by atoms with Crippen LogP contribution in [0, 0.1) is 3.57 Å². The number of carbonyl (C=O) groups excluding carboxylic acids is 2. The fourth-order valence-corrected chi connectivity index (χ4v) is 4.04. The zero-order valence-electron chi connectivity index (χ0n) is 16.9. The van der Waals surface area contributed by atoms with Gasteiger partial charge in [-0.25, -0.2) is 0 Å². The van der Waals surface area contributed by atoms with Crippen molar-refractivity contribution in [1.82, 2.24) is 10.6 Å². The van der Waals surface area contributed by atoms with E-state index in [9.17, 15) is 9.59 Å². The number of likely N-dealkylation sites (N-methyl/N-ethyl adjacent to an activating group) is 1. The summed E-state index contributed by atoms with van der Waals surface area (Å²) in [4.78, 5) is 27.7. The summed E-state index contributed by atoms with van der Waals surface area (Å²) in [6.45, 7) is 2.16. The molecule has 2 aromatic rings. The molecule has 7 heteroatoms. The number of para-hydroxylation sites is 1. The van der Waals surface area contributed by atoms with Crippen molar-refractivity contribution in [3.63, 3.8) is 0 Å². The largest absolute Gasteiger partial charge is 0.496 e. The summed E-state index contributed by atoms with van der Waals surface area (Å²) < 4.78 is 6.59. The van der Waals surface area contributed by atoms with Crippen molar-refractivity contribution in [2.75, 3.05) is 19.1 Å². The third kappa shape index (κ3) is 4.90. The molecule has 154 valence electrons. The molecule has 2 atom stereocenters. The molecule has 0 radical (unpaired) electrons. The lowest BCUT2D eigenvalue weighted by Crippen LogP contribution is -2.52. The summed E-state index contributed by atoms with van der Waals surface area (Å²) in [5.74, 6) is 0.459. The van der Waals surface area contributed by atoms with Crippen molar-refractivity contribution < 1.29 is 14.3 Å². The van der Waals surface area contributed by atoms with Gasteiger partial charge in [0.15, 0.2) is 0 Å². The van der Waals surface area contributed by atoms with Crippen LogP contribution in [0.2, 0.25) is 0 Å². The lowest BCUT2D eigenvalue weighted by molar-refractivity contribution is -0.128. The van der Waals surface area contributed by atoms with Gasteiger partial charge < -0.3 is 20.3 Å². The third-order valence-corrected chi connectivity index (χ3v) is 5.93. The van der Waals surface area contributed by atoms with Gasteiger partial charge in [-0.1, -0.05) is 18.2 Å². The standard InChI is InChI=1S/C22H26IN3O3/c1-14(24-2)21(27)25-18-10-8-15-6-4-5-7-19(15)26(22(18)28)13-16-12-17(23)9-11-20(16)29-3/h4-7,9,11-12,14,18,24H,8,10,13H2,1-3H3,(H,25,27). The number of rotatable bonds is 6. The summed E-state index contributed by atoms with van der Waals surface area (Å²) in [5.41, 5.74) is 2.92. The van der Waals surface area contributed by atoms with Crippen LogP contribution in [-0.2, 0) is 22.6 Å². The predicted molar refractivity (Wildman–Crippen MR) is 122 cm³/mol. The molecule has 0 fully saturated rings. The van der Waals surface area contributed by atoms with Crippen molar-refractivity contribution in [3.05, 3.63) is 57.2 Å². The summed E-state index contributed by atoms with van der Waals surface area (Å²) in [6, 6.07) is 12.9. The van der Waals surface area contributed by atoms with E-state index in [-0.39, 0.29) is 17.9 Å². The molecule has 2 amide bonds. The Morgan fingerprint density at radius 2 is 2.07 bits per heavy atom. The molecule has 0 saturated heterocycles. The number of nitrogens with one attached hydrogen (secondary N) is 2. The van der Waals surface area contributed by atoms with E-state index in [1.54, 1.807) is 26.0 Å². The van der Waals surface area contributed by atoms with Gasteiger partial charge in [-0.05, 0) is 79.2 Å². The van der Waals surface area contributed by atoms with Crippen LogP contribution in [0.4, 0.5) is 5.69 Å². The summed E-state index contributed by atoms with van der Waals surface area (Å²) in [5, 5.41) is 5.84.